The fraction of sp³-hybridized carbons (Fsp3) is 0.308. The lowest BCUT2D eigenvalue weighted by Crippen LogP contribution is -2.28. The largest absolute Gasteiger partial charge is 0.508 e. The number of hydrogen-bond donors (Lipinski definition) is 3. The van der Waals surface area contributed by atoms with Crippen LogP contribution in [-0.4, -0.2) is 36.3 Å². The van der Waals surface area contributed by atoms with E-state index in [0.29, 0.717) is 6.54 Å². The zero-order valence-corrected chi connectivity index (χ0v) is 10.2. The van der Waals surface area contributed by atoms with Crippen molar-refractivity contribution in [2.45, 2.75) is 6.42 Å². The quantitative estimate of drug-likeness (QED) is 0.743. The first-order valence-electron chi connectivity index (χ1n) is 5.75. The topological polar surface area (TPSA) is 74.3 Å². The van der Waals surface area contributed by atoms with Crippen molar-refractivity contribution in [2.24, 2.45) is 0 Å². The number of rotatable bonds is 5. The Morgan fingerprint density at radius 1 is 1.50 bits per heavy atom. The summed E-state index contributed by atoms with van der Waals surface area (Å²) in [4.78, 5) is 14.3. The normalized spacial score (nSPS) is 10.7. The summed E-state index contributed by atoms with van der Waals surface area (Å²) in [5.41, 5.74) is 2.01. The number of phenolic OH excluding ortho intramolecular Hbond substituents is 1. The van der Waals surface area contributed by atoms with Gasteiger partial charge < -0.3 is 20.1 Å². The highest BCUT2D eigenvalue weighted by molar-refractivity contribution is 5.84. The van der Waals surface area contributed by atoms with Crippen molar-refractivity contribution in [3.63, 3.8) is 0 Å². The summed E-state index contributed by atoms with van der Waals surface area (Å²) >= 11 is 0. The molecule has 1 amide bonds. The van der Waals surface area contributed by atoms with E-state index in [-0.39, 0.29) is 18.3 Å². The van der Waals surface area contributed by atoms with Gasteiger partial charge in [0.05, 0.1) is 0 Å². The van der Waals surface area contributed by atoms with Gasteiger partial charge in [-0.25, -0.2) is 0 Å². The molecular weight excluding hydrogens is 232 g/mol. The van der Waals surface area contributed by atoms with Crippen LogP contribution in [0.1, 0.15) is 5.56 Å². The van der Waals surface area contributed by atoms with E-state index < -0.39 is 0 Å². The van der Waals surface area contributed by atoms with Crippen LogP contribution >= 0.6 is 0 Å². The number of amides is 1. The number of aromatic amines is 1. The molecule has 0 fully saturated rings. The van der Waals surface area contributed by atoms with Crippen LogP contribution in [0.2, 0.25) is 0 Å². The predicted molar refractivity (Wildman–Crippen MR) is 68.6 cm³/mol. The van der Waals surface area contributed by atoms with Gasteiger partial charge in [-0.05, 0) is 24.1 Å². The Labute approximate surface area is 105 Å². The lowest BCUT2D eigenvalue weighted by atomic mass is 10.1. The van der Waals surface area contributed by atoms with E-state index in [1.165, 1.54) is 7.11 Å². The fourth-order valence-corrected chi connectivity index (χ4v) is 1.90. The number of phenols is 1. The Hall–Kier alpha value is -2.01. The van der Waals surface area contributed by atoms with E-state index in [4.69, 9.17) is 4.74 Å². The van der Waals surface area contributed by atoms with E-state index in [1.807, 2.05) is 12.3 Å². The summed E-state index contributed by atoms with van der Waals surface area (Å²) < 4.78 is 4.73. The van der Waals surface area contributed by atoms with Gasteiger partial charge in [0.15, 0.2) is 0 Å². The van der Waals surface area contributed by atoms with Crippen molar-refractivity contribution >= 4 is 16.8 Å². The molecule has 0 atom stereocenters. The molecular formula is C13H16N2O3. The van der Waals surface area contributed by atoms with E-state index in [0.717, 1.165) is 22.9 Å². The number of nitrogens with one attached hydrogen (secondary N) is 2. The van der Waals surface area contributed by atoms with Gasteiger partial charge in [-0.1, -0.05) is 0 Å². The number of hydrogen-bond acceptors (Lipinski definition) is 3. The summed E-state index contributed by atoms with van der Waals surface area (Å²) in [6.45, 7) is 0.651. The third kappa shape index (κ3) is 2.81. The molecule has 1 aromatic heterocycles. The van der Waals surface area contributed by atoms with Crippen molar-refractivity contribution < 1.29 is 14.6 Å². The molecule has 0 saturated carbocycles. The molecule has 2 rings (SSSR count). The number of ether oxygens (including phenoxy) is 1. The van der Waals surface area contributed by atoms with E-state index in [9.17, 15) is 9.90 Å². The highest BCUT2D eigenvalue weighted by Gasteiger charge is 2.05. The van der Waals surface area contributed by atoms with Gasteiger partial charge in [0, 0.05) is 36.8 Å². The maximum absolute atomic E-state index is 11.2. The molecule has 96 valence electrons. The molecule has 5 nitrogen and oxygen atoms in total. The molecule has 0 aliphatic heterocycles. The number of aromatic hydroxyl groups is 1. The van der Waals surface area contributed by atoms with Crippen LogP contribution in [0.25, 0.3) is 10.9 Å². The van der Waals surface area contributed by atoms with Gasteiger partial charge in [-0.3, -0.25) is 4.79 Å². The molecule has 2 aromatic rings. The molecule has 0 spiro atoms. The summed E-state index contributed by atoms with van der Waals surface area (Å²) in [6, 6.07) is 5.21. The standard InChI is InChI=1S/C13H16N2O3/c1-18-8-13(17)14-5-4-9-7-15-12-6-10(16)2-3-11(9)12/h2-3,6-7,15-16H,4-5,8H2,1H3,(H,14,17). The number of benzene rings is 1. The minimum Gasteiger partial charge on any atom is -0.508 e. The number of carbonyl (C=O) groups excluding carboxylic acids is 1. The number of H-pyrrole nitrogens is 1. The van der Waals surface area contributed by atoms with Gasteiger partial charge in [0.2, 0.25) is 5.91 Å². The van der Waals surface area contributed by atoms with Crippen molar-refractivity contribution in [1.29, 1.82) is 0 Å². The zero-order chi connectivity index (χ0) is 13.0. The summed E-state index contributed by atoms with van der Waals surface area (Å²) in [7, 11) is 1.49. The average Bonchev–Trinajstić information content (AvgIpc) is 2.72. The monoisotopic (exact) mass is 248 g/mol. The van der Waals surface area contributed by atoms with Crippen molar-refractivity contribution in [3.05, 3.63) is 30.0 Å². The smallest absolute Gasteiger partial charge is 0.245 e. The van der Waals surface area contributed by atoms with E-state index >= 15 is 0 Å². The summed E-state index contributed by atoms with van der Waals surface area (Å²) in [5, 5.41) is 13.2. The molecule has 1 heterocycles. The first-order valence-corrected chi connectivity index (χ1v) is 5.75. The molecule has 0 bridgehead atoms. The average molecular weight is 248 g/mol. The number of fused-ring (bicyclic) bond motifs is 1. The van der Waals surface area contributed by atoms with Gasteiger partial charge >= 0.3 is 0 Å². The van der Waals surface area contributed by atoms with Crippen LogP contribution in [0.15, 0.2) is 24.4 Å². The lowest BCUT2D eigenvalue weighted by Gasteiger charge is -2.03. The molecule has 0 saturated heterocycles. The van der Waals surface area contributed by atoms with Crippen LogP contribution < -0.4 is 5.32 Å². The minimum absolute atomic E-state index is 0.0851. The fourth-order valence-electron chi connectivity index (χ4n) is 1.90. The van der Waals surface area contributed by atoms with E-state index in [1.54, 1.807) is 12.1 Å². The Morgan fingerprint density at radius 3 is 3.11 bits per heavy atom. The SMILES string of the molecule is COCC(=O)NCCc1c[nH]c2cc(O)ccc12. The molecule has 0 aliphatic rings. The molecule has 0 unspecified atom stereocenters. The van der Waals surface area contributed by atoms with Crippen molar-refractivity contribution in [1.82, 2.24) is 10.3 Å². The number of carbonyl (C=O) groups is 1. The molecule has 5 heteroatoms. The van der Waals surface area contributed by atoms with Crippen LogP contribution in [0.4, 0.5) is 0 Å². The number of methoxy groups -OCH3 is 1. The Morgan fingerprint density at radius 2 is 2.33 bits per heavy atom. The van der Waals surface area contributed by atoms with Gasteiger partial charge in [0.1, 0.15) is 12.4 Å². The van der Waals surface area contributed by atoms with Crippen LogP contribution in [0, 0.1) is 0 Å². The third-order valence-corrected chi connectivity index (χ3v) is 2.74. The summed E-state index contributed by atoms with van der Waals surface area (Å²) in [5.74, 6) is 0.124. The van der Waals surface area contributed by atoms with Gasteiger partial charge in [-0.15, -0.1) is 0 Å². The van der Waals surface area contributed by atoms with Crippen LogP contribution in [0.3, 0.4) is 0 Å². The second-order valence-electron chi connectivity index (χ2n) is 4.08. The highest BCUT2D eigenvalue weighted by atomic mass is 16.5. The van der Waals surface area contributed by atoms with E-state index in [2.05, 4.69) is 10.3 Å². The molecule has 3 N–H and O–H groups in total. The highest BCUT2D eigenvalue weighted by Crippen LogP contribution is 2.22. The first-order chi connectivity index (χ1) is 8.70. The van der Waals surface area contributed by atoms with Crippen LogP contribution in [-0.2, 0) is 16.0 Å². The predicted octanol–water partition coefficient (Wildman–Crippen LogP) is 1.18. The maximum atomic E-state index is 11.2. The Balaban J connectivity index is 1.98. The first kappa shape index (κ1) is 12.4. The van der Waals surface area contributed by atoms with Crippen molar-refractivity contribution in [2.75, 3.05) is 20.3 Å². The molecule has 18 heavy (non-hydrogen) atoms. The zero-order valence-electron chi connectivity index (χ0n) is 10.2. The van der Waals surface area contributed by atoms with Crippen molar-refractivity contribution in [3.8, 4) is 5.75 Å². The Kier molecular flexibility index (Phi) is 3.84. The third-order valence-electron chi connectivity index (χ3n) is 2.74. The second-order valence-corrected chi connectivity index (χ2v) is 4.08. The molecule has 0 radical (unpaired) electrons. The molecule has 1 aromatic carbocycles. The Bertz CT molecular complexity index is 548. The lowest BCUT2D eigenvalue weighted by molar-refractivity contribution is -0.124. The van der Waals surface area contributed by atoms with Gasteiger partial charge in [-0.2, -0.15) is 0 Å². The maximum Gasteiger partial charge on any atom is 0.245 e. The summed E-state index contributed by atoms with van der Waals surface area (Å²) in [6.07, 6.45) is 2.63. The number of aromatic nitrogens is 1. The molecule has 0 aliphatic carbocycles. The van der Waals surface area contributed by atoms with Gasteiger partial charge in [0.25, 0.3) is 0 Å². The second kappa shape index (κ2) is 5.55. The van der Waals surface area contributed by atoms with Crippen LogP contribution in [0.5, 0.6) is 5.75 Å². The minimum atomic E-state index is -0.116.